The smallest absolute Gasteiger partial charge is 0.253 e. The molecule has 0 aromatic heterocycles. The Kier molecular flexibility index (Phi) is 8.70. The molecule has 3 amide bonds. The third kappa shape index (κ3) is 7.18. The fourth-order valence-electron chi connectivity index (χ4n) is 4.19. The van der Waals surface area contributed by atoms with Crippen molar-refractivity contribution in [3.63, 3.8) is 0 Å². The molecule has 0 aliphatic carbocycles. The Morgan fingerprint density at radius 2 is 1.44 bits per heavy atom. The van der Waals surface area contributed by atoms with Gasteiger partial charge in [0.2, 0.25) is 5.91 Å². The number of likely N-dealkylation sites (tertiary alicyclic amines) is 1. The van der Waals surface area contributed by atoms with Crippen LogP contribution in [0.1, 0.15) is 52.0 Å². The summed E-state index contributed by atoms with van der Waals surface area (Å²) in [5.74, 6) is -0.355. The van der Waals surface area contributed by atoms with Crippen LogP contribution in [0.25, 0.3) is 0 Å². The molecule has 7 nitrogen and oxygen atoms in total. The average Bonchev–Trinajstić information content (AvgIpc) is 3.21. The van der Waals surface area contributed by atoms with Gasteiger partial charge >= 0.3 is 0 Å². The van der Waals surface area contributed by atoms with Gasteiger partial charge in [0.25, 0.3) is 11.8 Å². The van der Waals surface area contributed by atoms with E-state index in [1.54, 1.807) is 42.5 Å². The van der Waals surface area contributed by atoms with Crippen molar-refractivity contribution in [3.8, 4) is 0 Å². The van der Waals surface area contributed by atoms with Crippen LogP contribution in [-0.4, -0.2) is 42.3 Å². The van der Waals surface area contributed by atoms with Gasteiger partial charge in [-0.3, -0.25) is 14.4 Å². The van der Waals surface area contributed by atoms with Gasteiger partial charge in [-0.2, -0.15) is 0 Å². The number of carbonyl (C=O) groups is 3. The maximum atomic E-state index is 12.7. The van der Waals surface area contributed by atoms with E-state index in [0.717, 1.165) is 31.5 Å². The maximum Gasteiger partial charge on any atom is 0.253 e. The molecule has 0 radical (unpaired) electrons. The summed E-state index contributed by atoms with van der Waals surface area (Å²) in [4.78, 5) is 39.6. The molecular formula is C29H32N4O3. The fraction of sp³-hybridized carbons (Fsp3) is 0.276. The van der Waals surface area contributed by atoms with Gasteiger partial charge in [0.05, 0.1) is 6.54 Å². The van der Waals surface area contributed by atoms with E-state index in [9.17, 15) is 14.4 Å². The van der Waals surface area contributed by atoms with Crippen molar-refractivity contribution in [2.75, 3.05) is 30.3 Å². The molecule has 4 rings (SSSR count). The van der Waals surface area contributed by atoms with Crippen molar-refractivity contribution < 1.29 is 14.4 Å². The van der Waals surface area contributed by atoms with E-state index < -0.39 is 0 Å². The molecule has 0 spiro atoms. The minimum absolute atomic E-state index is 0.0452. The molecule has 0 bridgehead atoms. The highest BCUT2D eigenvalue weighted by Gasteiger charge is 2.17. The van der Waals surface area contributed by atoms with Crippen molar-refractivity contribution in [2.24, 2.45) is 0 Å². The Hall–Kier alpha value is -4.13. The highest BCUT2D eigenvalue weighted by molar-refractivity contribution is 5.97. The number of nitrogens with one attached hydrogen (secondary N) is 3. The second-order valence-electron chi connectivity index (χ2n) is 8.93. The number of carbonyl (C=O) groups excluding carboxylic acids is 3. The Balaban J connectivity index is 1.25. The molecule has 3 aromatic rings. The number of amides is 3. The maximum absolute atomic E-state index is 12.7. The monoisotopic (exact) mass is 484 g/mol. The Morgan fingerprint density at radius 3 is 2.17 bits per heavy atom. The zero-order chi connectivity index (χ0) is 25.2. The van der Waals surface area contributed by atoms with E-state index in [2.05, 4.69) is 16.0 Å². The van der Waals surface area contributed by atoms with E-state index >= 15 is 0 Å². The predicted octanol–water partition coefficient (Wildman–Crippen LogP) is 4.68. The number of hydrogen-bond acceptors (Lipinski definition) is 4. The summed E-state index contributed by atoms with van der Waals surface area (Å²) < 4.78 is 0. The first-order chi connectivity index (χ1) is 17.6. The molecule has 0 unspecified atom stereocenters. The number of rotatable bonds is 8. The quantitative estimate of drug-likeness (QED) is 0.433. The molecular weight excluding hydrogens is 452 g/mol. The van der Waals surface area contributed by atoms with Crippen LogP contribution in [0.4, 0.5) is 11.4 Å². The topological polar surface area (TPSA) is 90.5 Å². The number of benzene rings is 3. The van der Waals surface area contributed by atoms with Crippen LogP contribution < -0.4 is 16.0 Å². The van der Waals surface area contributed by atoms with Crippen LogP contribution in [-0.2, 0) is 11.3 Å². The molecule has 0 saturated carbocycles. The minimum Gasteiger partial charge on any atom is -0.376 e. The van der Waals surface area contributed by atoms with Gasteiger partial charge in [-0.1, -0.05) is 49.2 Å². The summed E-state index contributed by atoms with van der Waals surface area (Å²) in [6, 6.07) is 23.8. The zero-order valence-electron chi connectivity index (χ0n) is 20.3. The third-order valence-corrected chi connectivity index (χ3v) is 6.18. The standard InChI is InChI=1S/C29H32N4O3/c34-27(32-25-15-13-23(14-16-25)29(36)33-17-6-1-2-7-18-33)21-30-26-12-8-11-24(19-26)28(35)31-20-22-9-4-3-5-10-22/h3-5,8-16,19,30H,1-2,6-7,17-18,20-21H2,(H,31,35)(H,32,34). The second-order valence-corrected chi connectivity index (χ2v) is 8.93. The largest absolute Gasteiger partial charge is 0.376 e. The van der Waals surface area contributed by atoms with Gasteiger partial charge in [0.15, 0.2) is 0 Å². The molecule has 1 saturated heterocycles. The highest BCUT2D eigenvalue weighted by Crippen LogP contribution is 2.16. The lowest BCUT2D eigenvalue weighted by atomic mass is 10.1. The molecule has 3 aromatic carbocycles. The van der Waals surface area contributed by atoms with E-state index in [4.69, 9.17) is 0 Å². The van der Waals surface area contributed by atoms with E-state index in [0.29, 0.717) is 29.0 Å². The van der Waals surface area contributed by atoms with E-state index in [1.807, 2.05) is 41.3 Å². The van der Waals surface area contributed by atoms with Gasteiger partial charge in [-0.25, -0.2) is 0 Å². The van der Waals surface area contributed by atoms with Crippen molar-refractivity contribution in [1.29, 1.82) is 0 Å². The summed E-state index contributed by atoms with van der Waals surface area (Å²) in [7, 11) is 0. The molecule has 0 atom stereocenters. The van der Waals surface area contributed by atoms with Gasteiger partial charge in [-0.15, -0.1) is 0 Å². The van der Waals surface area contributed by atoms with Crippen molar-refractivity contribution in [3.05, 3.63) is 95.6 Å². The van der Waals surface area contributed by atoms with Crippen LogP contribution in [0, 0.1) is 0 Å². The molecule has 1 aliphatic heterocycles. The molecule has 186 valence electrons. The Labute approximate surface area is 211 Å². The fourth-order valence-corrected chi connectivity index (χ4v) is 4.19. The Morgan fingerprint density at radius 1 is 0.722 bits per heavy atom. The van der Waals surface area contributed by atoms with Crippen LogP contribution in [0.15, 0.2) is 78.9 Å². The molecule has 7 heteroatoms. The summed E-state index contributed by atoms with van der Waals surface area (Å²) in [5, 5.41) is 8.80. The first-order valence-electron chi connectivity index (χ1n) is 12.4. The van der Waals surface area contributed by atoms with E-state index in [1.165, 1.54) is 12.8 Å². The van der Waals surface area contributed by atoms with Gasteiger partial charge in [0.1, 0.15) is 0 Å². The lowest BCUT2D eigenvalue weighted by molar-refractivity contribution is -0.114. The van der Waals surface area contributed by atoms with Crippen molar-refractivity contribution in [2.45, 2.75) is 32.2 Å². The molecule has 36 heavy (non-hydrogen) atoms. The second kappa shape index (κ2) is 12.5. The third-order valence-electron chi connectivity index (χ3n) is 6.18. The SMILES string of the molecule is O=C(CNc1cccc(C(=O)NCc2ccccc2)c1)Nc1ccc(C(=O)N2CCCCCC2)cc1. The number of anilines is 2. The molecule has 1 aliphatic rings. The Bertz CT molecular complexity index is 1170. The van der Waals surface area contributed by atoms with E-state index in [-0.39, 0.29) is 24.3 Å². The van der Waals surface area contributed by atoms with Gasteiger partial charge in [0, 0.05) is 42.1 Å². The number of hydrogen-bond donors (Lipinski definition) is 3. The summed E-state index contributed by atoms with van der Waals surface area (Å²) in [5.41, 5.74) is 3.48. The lowest BCUT2D eigenvalue weighted by Gasteiger charge is -2.20. The van der Waals surface area contributed by atoms with Crippen LogP contribution in [0.2, 0.25) is 0 Å². The average molecular weight is 485 g/mol. The van der Waals surface area contributed by atoms with Crippen LogP contribution >= 0.6 is 0 Å². The molecule has 3 N–H and O–H groups in total. The highest BCUT2D eigenvalue weighted by atomic mass is 16.2. The van der Waals surface area contributed by atoms with Crippen LogP contribution in [0.3, 0.4) is 0 Å². The summed E-state index contributed by atoms with van der Waals surface area (Å²) in [6.07, 6.45) is 4.45. The predicted molar refractivity (Wildman–Crippen MR) is 142 cm³/mol. The number of nitrogens with zero attached hydrogens (tertiary/aromatic N) is 1. The summed E-state index contributed by atoms with van der Waals surface area (Å²) in [6.45, 7) is 2.10. The van der Waals surface area contributed by atoms with Crippen molar-refractivity contribution >= 4 is 29.1 Å². The lowest BCUT2D eigenvalue weighted by Crippen LogP contribution is -2.31. The molecule has 1 fully saturated rings. The minimum atomic E-state index is -0.222. The van der Waals surface area contributed by atoms with Gasteiger partial charge in [-0.05, 0) is 60.9 Å². The normalized spacial score (nSPS) is 13.4. The zero-order valence-corrected chi connectivity index (χ0v) is 20.3. The first-order valence-corrected chi connectivity index (χ1v) is 12.4. The van der Waals surface area contributed by atoms with Crippen molar-refractivity contribution in [1.82, 2.24) is 10.2 Å². The molecule has 1 heterocycles. The van der Waals surface area contributed by atoms with Crippen LogP contribution in [0.5, 0.6) is 0 Å². The first kappa shape index (κ1) is 25.0. The summed E-state index contributed by atoms with van der Waals surface area (Å²) >= 11 is 0. The van der Waals surface area contributed by atoms with Gasteiger partial charge < -0.3 is 20.9 Å².